The maximum absolute atomic E-state index is 14.9. The topological polar surface area (TPSA) is 154 Å². The average molecular weight is 1010 g/mol. The number of cyclic esters (lactones) is 1. The lowest BCUT2D eigenvalue weighted by Gasteiger charge is -2.37. The van der Waals surface area contributed by atoms with Crippen molar-refractivity contribution in [2.75, 3.05) is 78.6 Å². The zero-order valence-corrected chi connectivity index (χ0v) is 45.0. The summed E-state index contributed by atoms with van der Waals surface area (Å²) in [5, 5.41) is 17.2. The molecule has 0 saturated carbocycles. The molecule has 15 heteroatoms. The second kappa shape index (κ2) is 22.6. The lowest BCUT2D eigenvalue weighted by atomic mass is 9.84. The molecule has 6 bridgehead atoms. The number of rotatable bonds is 12. The molecule has 6 heterocycles. The smallest absolute Gasteiger partial charge is 0.324 e. The van der Waals surface area contributed by atoms with E-state index in [2.05, 4.69) is 94.2 Å². The van der Waals surface area contributed by atoms with Crippen LogP contribution in [0.1, 0.15) is 95.2 Å². The van der Waals surface area contributed by atoms with Crippen molar-refractivity contribution in [1.29, 1.82) is 0 Å². The summed E-state index contributed by atoms with van der Waals surface area (Å²) in [6, 6.07) is 22.2. The molecule has 2 amide bonds. The number of carbonyl (C=O) groups excluding carboxylic acids is 3. The summed E-state index contributed by atoms with van der Waals surface area (Å²) >= 11 is 0. The van der Waals surface area contributed by atoms with Gasteiger partial charge in [-0.05, 0) is 118 Å². The van der Waals surface area contributed by atoms with Crippen LogP contribution in [-0.4, -0.2) is 145 Å². The molecule has 0 radical (unpaired) electrons. The van der Waals surface area contributed by atoms with Gasteiger partial charge in [0.2, 0.25) is 5.91 Å². The summed E-state index contributed by atoms with van der Waals surface area (Å²) < 4.78 is 20.9. The second-order valence-electron chi connectivity index (χ2n) is 22.4. The van der Waals surface area contributed by atoms with Gasteiger partial charge in [-0.15, -0.1) is 0 Å². The van der Waals surface area contributed by atoms with Crippen molar-refractivity contribution in [2.24, 2.45) is 11.3 Å². The quantitative estimate of drug-likeness (QED) is 0.105. The van der Waals surface area contributed by atoms with E-state index in [9.17, 15) is 19.5 Å². The molecule has 3 aromatic carbocycles. The van der Waals surface area contributed by atoms with Gasteiger partial charge >= 0.3 is 5.97 Å². The van der Waals surface area contributed by atoms with Crippen LogP contribution in [-0.2, 0) is 48.0 Å². The fraction of sp³-hybridized carbons (Fsp3) is 0.525. The van der Waals surface area contributed by atoms with Crippen LogP contribution in [0.5, 0.6) is 5.75 Å². The van der Waals surface area contributed by atoms with E-state index in [1.807, 2.05) is 58.3 Å². The molecule has 15 nitrogen and oxygen atoms in total. The first-order valence-corrected chi connectivity index (χ1v) is 26.9. The third-order valence-electron chi connectivity index (χ3n) is 15.9. The number of hydrogen-bond donors (Lipinski definition) is 3. The molecular weight excluding hydrogens is 933 g/mol. The highest BCUT2D eigenvalue weighted by atomic mass is 16.5. The number of nitrogens with zero attached hydrogens (tertiary/aromatic N) is 6. The molecule has 9 rings (SSSR count). The number of fused-ring (bicyclic) bond motifs is 6. The predicted octanol–water partition coefficient (Wildman–Crippen LogP) is 7.73. The highest BCUT2D eigenvalue weighted by Gasteiger charge is 2.39. The van der Waals surface area contributed by atoms with E-state index in [0.29, 0.717) is 51.1 Å². The number of carbonyl (C=O) groups is 3. The number of piperazine rings is 1. The SMILES string of the molecule is CCn1c(-c2cc(N3CCN(C)CC3)cnc2[C@H](C)OC)c2c3cc(ccc31)-c1cc(O)cc(c1)C[C@H](NC(=O)[C@H](C(C)C)N(C)C[C@@H]1OCCC1c1ccccc1)C(=O)N1CCC[C@H](N1)C(=O)OCC(C)(C)C2. The van der Waals surface area contributed by atoms with Crippen LogP contribution in [0.2, 0.25) is 0 Å². The molecule has 6 atom stereocenters. The van der Waals surface area contributed by atoms with Crippen LogP contribution < -0.4 is 15.6 Å². The van der Waals surface area contributed by atoms with Crippen LogP contribution >= 0.6 is 0 Å². The largest absolute Gasteiger partial charge is 0.508 e. The molecule has 5 aromatic rings. The third-order valence-corrected chi connectivity index (χ3v) is 15.9. The van der Waals surface area contributed by atoms with Crippen molar-refractivity contribution in [3.63, 3.8) is 0 Å². The molecule has 1 unspecified atom stereocenters. The van der Waals surface area contributed by atoms with E-state index in [4.69, 9.17) is 19.2 Å². The molecule has 0 aliphatic carbocycles. The summed E-state index contributed by atoms with van der Waals surface area (Å²) in [5.74, 6) is -0.944. The van der Waals surface area contributed by atoms with E-state index in [-0.39, 0.29) is 54.6 Å². The zero-order valence-electron chi connectivity index (χ0n) is 45.0. The van der Waals surface area contributed by atoms with Crippen molar-refractivity contribution >= 4 is 34.4 Å². The number of hydrogen-bond acceptors (Lipinski definition) is 12. The van der Waals surface area contributed by atoms with Crippen molar-refractivity contribution in [3.8, 4) is 28.1 Å². The summed E-state index contributed by atoms with van der Waals surface area (Å²) in [6.45, 7) is 18.5. The highest BCUT2D eigenvalue weighted by Crippen LogP contribution is 2.43. The standard InChI is InChI=1S/C59H78N8O7/c1-10-66-51-19-18-41-31-46(51)48(55(66)47-32-43(34-60-53(47)38(4)72-9)65-24-22-63(7)23-25-65)33-59(5,6)36-74-58(71)49-17-14-21-67(62-49)57(70)50(29-39-27-42(41)30-44(68)28-39)61-56(69)54(37(2)3)64(8)35-52-45(20-26-73-52)40-15-12-11-13-16-40/h11-13,15-16,18-19,27-28,30-32,34,37-38,45,49-50,52,54,62,68H,10,14,17,20-26,29,33,35-36H2,1-9H3,(H,61,69)/t38-,45?,49-,50-,52-,54-/m0/s1. The number of anilines is 1. The Bertz CT molecular complexity index is 2810. The molecule has 3 N–H and O–H groups in total. The van der Waals surface area contributed by atoms with Crippen molar-refractivity contribution < 1.29 is 33.7 Å². The van der Waals surface area contributed by atoms with Crippen LogP contribution in [0.25, 0.3) is 33.3 Å². The molecule has 3 fully saturated rings. The number of phenols is 1. The Labute approximate surface area is 437 Å². The third kappa shape index (κ3) is 11.4. The highest BCUT2D eigenvalue weighted by molar-refractivity contribution is 5.96. The number of pyridine rings is 1. The fourth-order valence-electron chi connectivity index (χ4n) is 11.9. The van der Waals surface area contributed by atoms with Gasteiger partial charge < -0.3 is 39.0 Å². The number of benzene rings is 3. The number of methoxy groups -OCH3 is 1. The Morgan fingerprint density at radius 1 is 0.986 bits per heavy atom. The normalized spacial score (nSPS) is 22.7. The van der Waals surface area contributed by atoms with Crippen LogP contribution in [0.3, 0.4) is 0 Å². The van der Waals surface area contributed by atoms with E-state index < -0.39 is 29.5 Å². The summed E-state index contributed by atoms with van der Waals surface area (Å²) in [4.78, 5) is 55.9. The predicted molar refractivity (Wildman–Crippen MR) is 290 cm³/mol. The molecule has 0 spiro atoms. The number of esters is 1. The Morgan fingerprint density at radius 3 is 2.49 bits per heavy atom. The molecule has 3 saturated heterocycles. The van der Waals surface area contributed by atoms with E-state index >= 15 is 0 Å². The number of aromatic hydroxyl groups is 1. The van der Waals surface area contributed by atoms with Crippen molar-refractivity contribution in [1.82, 2.24) is 35.1 Å². The number of aryl methyl sites for hydroxylation is 1. The van der Waals surface area contributed by atoms with Gasteiger partial charge in [0.05, 0.1) is 48.1 Å². The van der Waals surface area contributed by atoms with Gasteiger partial charge in [0.1, 0.15) is 17.8 Å². The van der Waals surface area contributed by atoms with E-state index in [0.717, 1.165) is 82.8 Å². The number of likely N-dealkylation sites (N-methyl/N-ethyl adjacent to an activating group) is 2. The molecule has 2 aromatic heterocycles. The summed E-state index contributed by atoms with van der Waals surface area (Å²) in [6.07, 6.45) is 4.17. The minimum atomic E-state index is -1.04. The first kappa shape index (κ1) is 53.0. The number of nitrogens with one attached hydrogen (secondary N) is 2. The minimum Gasteiger partial charge on any atom is -0.508 e. The van der Waals surface area contributed by atoms with E-state index in [1.54, 1.807) is 19.2 Å². The number of hydrazine groups is 1. The lowest BCUT2D eigenvalue weighted by Crippen LogP contribution is -2.62. The van der Waals surface area contributed by atoms with Gasteiger partial charge in [-0.3, -0.25) is 29.3 Å². The average Bonchev–Trinajstić information content (AvgIpc) is 3.98. The summed E-state index contributed by atoms with van der Waals surface area (Å²) in [5.41, 5.74) is 12.3. The first-order chi connectivity index (χ1) is 35.5. The van der Waals surface area contributed by atoms with Crippen molar-refractivity contribution in [2.45, 2.75) is 116 Å². The van der Waals surface area contributed by atoms with Gasteiger partial charge in [0.25, 0.3) is 5.91 Å². The molecule has 4 aliphatic rings. The molecule has 396 valence electrons. The van der Waals surface area contributed by atoms with Gasteiger partial charge in [0, 0.05) is 93.8 Å². The summed E-state index contributed by atoms with van der Waals surface area (Å²) in [7, 11) is 5.83. The number of ether oxygens (including phenoxy) is 3. The Hall–Kier alpha value is -5.84. The van der Waals surface area contributed by atoms with E-state index in [1.165, 1.54) is 10.6 Å². The first-order valence-electron chi connectivity index (χ1n) is 26.9. The van der Waals surface area contributed by atoms with Gasteiger partial charge in [-0.1, -0.05) is 70.2 Å². The molecular formula is C59H78N8O7. The second-order valence-corrected chi connectivity index (χ2v) is 22.4. The van der Waals surface area contributed by atoms with Crippen LogP contribution in [0, 0.1) is 11.3 Å². The maximum Gasteiger partial charge on any atom is 0.324 e. The molecule has 4 aliphatic heterocycles. The minimum absolute atomic E-state index is 0.0472. The molecule has 74 heavy (non-hydrogen) atoms. The van der Waals surface area contributed by atoms with Crippen LogP contribution in [0.15, 0.2) is 79.0 Å². The van der Waals surface area contributed by atoms with Crippen molar-refractivity contribution in [3.05, 3.63) is 101 Å². The number of aromatic nitrogens is 2. The Balaban J connectivity index is 1.12. The van der Waals surface area contributed by atoms with Crippen LogP contribution in [0.4, 0.5) is 5.69 Å². The number of amides is 2. The Kier molecular flexibility index (Phi) is 16.2. The zero-order chi connectivity index (χ0) is 52.4. The Morgan fingerprint density at radius 2 is 1.76 bits per heavy atom. The van der Waals surface area contributed by atoms with Gasteiger partial charge in [-0.2, -0.15) is 0 Å². The van der Waals surface area contributed by atoms with Gasteiger partial charge in [-0.25, -0.2) is 5.43 Å². The fourth-order valence-corrected chi connectivity index (χ4v) is 11.9. The number of phenolic OH excluding ortho intramolecular Hbond substituents is 1. The maximum atomic E-state index is 14.9. The van der Waals surface area contributed by atoms with Gasteiger partial charge in [0.15, 0.2) is 0 Å². The monoisotopic (exact) mass is 1010 g/mol. The lowest BCUT2D eigenvalue weighted by molar-refractivity contribution is -0.155.